The highest BCUT2D eigenvalue weighted by atomic mass is 32.2. The molecule has 3 aromatic rings. The van der Waals surface area contributed by atoms with Gasteiger partial charge in [-0.05, 0) is 17.7 Å². The molecule has 0 bridgehead atoms. The zero-order valence-electron chi connectivity index (χ0n) is 12.6. The van der Waals surface area contributed by atoms with Crippen LogP contribution in [0.4, 0.5) is 0 Å². The molecule has 0 saturated carbocycles. The molecule has 0 N–H and O–H groups in total. The van der Waals surface area contributed by atoms with Crippen LogP contribution >= 0.6 is 11.3 Å². The van der Waals surface area contributed by atoms with Crippen molar-refractivity contribution in [1.29, 1.82) is 0 Å². The van der Waals surface area contributed by atoms with Crippen LogP contribution in [0.5, 0.6) is 0 Å². The van der Waals surface area contributed by atoms with Crippen molar-refractivity contribution in [1.82, 2.24) is 10.2 Å². The molecule has 118 valence electrons. The van der Waals surface area contributed by atoms with Crippen LogP contribution in [-0.2, 0) is 27.9 Å². The van der Waals surface area contributed by atoms with E-state index in [0.717, 1.165) is 26.0 Å². The number of methoxy groups -OCH3 is 1. The van der Waals surface area contributed by atoms with Crippen LogP contribution in [0, 0.1) is 0 Å². The summed E-state index contributed by atoms with van der Waals surface area (Å²) in [6.45, 7) is 0.559. The second-order valence-corrected chi connectivity index (χ2v) is 7.45. The van der Waals surface area contributed by atoms with E-state index >= 15 is 0 Å². The van der Waals surface area contributed by atoms with Crippen LogP contribution in [-0.4, -0.2) is 21.5 Å². The number of rotatable bonds is 6. The zero-order chi connectivity index (χ0) is 16.1. The minimum atomic E-state index is -1.12. The molecule has 2 aromatic carbocycles. The first-order valence-electron chi connectivity index (χ1n) is 7.10. The van der Waals surface area contributed by atoms with Crippen LogP contribution in [0.1, 0.15) is 10.6 Å². The maximum absolute atomic E-state index is 12.4. The molecule has 0 spiro atoms. The number of ether oxygens (including phenoxy) is 1. The normalized spacial score (nSPS) is 12.2. The number of nitrogens with zero attached hydrogens (tertiary/aromatic N) is 2. The second-order valence-electron chi connectivity index (χ2n) is 4.93. The predicted octanol–water partition coefficient (Wildman–Crippen LogP) is 3.66. The Labute approximate surface area is 141 Å². The first-order chi connectivity index (χ1) is 11.3. The van der Waals surface area contributed by atoms with Gasteiger partial charge in [-0.15, -0.1) is 10.2 Å². The molecular weight excluding hydrogens is 328 g/mol. The van der Waals surface area contributed by atoms with E-state index in [4.69, 9.17) is 4.74 Å². The number of benzene rings is 2. The van der Waals surface area contributed by atoms with Gasteiger partial charge in [0.05, 0.1) is 23.2 Å². The molecular formula is C17H16N2O2S2. The molecule has 0 amide bonds. The molecule has 0 aliphatic heterocycles. The molecule has 0 aliphatic carbocycles. The summed E-state index contributed by atoms with van der Waals surface area (Å²) in [6, 6.07) is 17.5. The predicted molar refractivity (Wildman–Crippen MR) is 92.6 cm³/mol. The standard InChI is InChI=1S/C17H16N2O2S2/c1-21-11-13-7-9-15(10-8-13)23(20)12-16-18-19-17(22-16)14-5-3-2-4-6-14/h2-10H,11-12H2,1H3/t23-/m0/s1. The van der Waals surface area contributed by atoms with E-state index in [9.17, 15) is 4.21 Å². The molecule has 6 heteroatoms. The van der Waals surface area contributed by atoms with Crippen molar-refractivity contribution in [2.75, 3.05) is 7.11 Å². The van der Waals surface area contributed by atoms with Crippen LogP contribution in [0.25, 0.3) is 10.6 Å². The molecule has 1 atom stereocenters. The molecule has 3 rings (SSSR count). The first-order valence-corrected chi connectivity index (χ1v) is 9.24. The van der Waals surface area contributed by atoms with E-state index in [1.54, 1.807) is 7.11 Å². The SMILES string of the molecule is COCc1ccc([S@@](=O)Cc2nnc(-c3ccccc3)s2)cc1. The van der Waals surface area contributed by atoms with Gasteiger partial charge < -0.3 is 4.74 Å². The Morgan fingerprint density at radius 2 is 1.78 bits per heavy atom. The van der Waals surface area contributed by atoms with Gasteiger partial charge in [0.25, 0.3) is 0 Å². The van der Waals surface area contributed by atoms with Gasteiger partial charge in [0, 0.05) is 17.6 Å². The molecule has 0 unspecified atom stereocenters. The van der Waals surface area contributed by atoms with Gasteiger partial charge in [-0.25, -0.2) is 0 Å². The summed E-state index contributed by atoms with van der Waals surface area (Å²) in [6.07, 6.45) is 0. The Balaban J connectivity index is 1.69. The van der Waals surface area contributed by atoms with Crippen molar-refractivity contribution in [2.24, 2.45) is 0 Å². The van der Waals surface area contributed by atoms with Crippen LogP contribution < -0.4 is 0 Å². The highest BCUT2D eigenvalue weighted by Crippen LogP contribution is 2.24. The van der Waals surface area contributed by atoms with Crippen LogP contribution in [0.15, 0.2) is 59.5 Å². The van der Waals surface area contributed by atoms with Gasteiger partial charge in [-0.1, -0.05) is 53.8 Å². The van der Waals surface area contributed by atoms with Gasteiger partial charge in [-0.2, -0.15) is 0 Å². The van der Waals surface area contributed by atoms with Crippen molar-refractivity contribution >= 4 is 22.1 Å². The van der Waals surface area contributed by atoms with Gasteiger partial charge in [0.1, 0.15) is 10.0 Å². The Bertz CT molecular complexity index is 786. The minimum absolute atomic E-state index is 0.383. The maximum atomic E-state index is 12.4. The summed E-state index contributed by atoms with van der Waals surface area (Å²) < 4.78 is 17.5. The Kier molecular flexibility index (Phi) is 5.27. The Morgan fingerprint density at radius 1 is 1.04 bits per heavy atom. The van der Waals surface area contributed by atoms with Gasteiger partial charge in [-0.3, -0.25) is 4.21 Å². The summed E-state index contributed by atoms with van der Waals surface area (Å²) in [5.41, 5.74) is 2.10. The molecule has 23 heavy (non-hydrogen) atoms. The fraction of sp³-hybridized carbons (Fsp3) is 0.176. The minimum Gasteiger partial charge on any atom is -0.380 e. The number of hydrogen-bond acceptors (Lipinski definition) is 5. The monoisotopic (exact) mass is 344 g/mol. The van der Waals surface area contributed by atoms with Crippen LogP contribution in [0.2, 0.25) is 0 Å². The quantitative estimate of drug-likeness (QED) is 0.685. The van der Waals surface area contributed by atoms with E-state index in [0.29, 0.717) is 12.4 Å². The summed E-state index contributed by atoms with van der Waals surface area (Å²) in [5.74, 6) is 0.383. The largest absolute Gasteiger partial charge is 0.380 e. The van der Waals surface area contributed by atoms with E-state index in [1.165, 1.54) is 11.3 Å². The van der Waals surface area contributed by atoms with Crippen molar-refractivity contribution in [3.63, 3.8) is 0 Å². The lowest BCUT2D eigenvalue weighted by atomic mass is 10.2. The molecule has 1 heterocycles. The first kappa shape index (κ1) is 16.0. The van der Waals surface area contributed by atoms with E-state index in [2.05, 4.69) is 10.2 Å². The summed E-state index contributed by atoms with van der Waals surface area (Å²) in [7, 11) is 0.536. The number of aromatic nitrogens is 2. The second kappa shape index (κ2) is 7.59. The lowest BCUT2D eigenvalue weighted by molar-refractivity contribution is 0.185. The van der Waals surface area contributed by atoms with Crippen molar-refractivity contribution < 1.29 is 8.95 Å². The molecule has 0 radical (unpaired) electrons. The van der Waals surface area contributed by atoms with Gasteiger partial charge >= 0.3 is 0 Å². The number of hydrogen-bond donors (Lipinski definition) is 0. The van der Waals surface area contributed by atoms with Crippen LogP contribution in [0.3, 0.4) is 0 Å². The molecule has 0 aliphatic rings. The molecule has 0 saturated heterocycles. The third kappa shape index (κ3) is 4.10. The fourth-order valence-electron chi connectivity index (χ4n) is 2.11. The topological polar surface area (TPSA) is 52.1 Å². The average molecular weight is 344 g/mol. The zero-order valence-corrected chi connectivity index (χ0v) is 14.3. The third-order valence-corrected chi connectivity index (χ3v) is 5.73. The van der Waals surface area contributed by atoms with Crippen molar-refractivity contribution in [3.8, 4) is 10.6 Å². The third-order valence-electron chi connectivity index (χ3n) is 3.24. The highest BCUT2D eigenvalue weighted by molar-refractivity contribution is 7.84. The Morgan fingerprint density at radius 3 is 2.48 bits per heavy atom. The van der Waals surface area contributed by atoms with E-state index in [1.807, 2.05) is 54.6 Å². The molecule has 4 nitrogen and oxygen atoms in total. The lowest BCUT2D eigenvalue weighted by Crippen LogP contribution is -1.97. The average Bonchev–Trinajstić information content (AvgIpc) is 3.05. The maximum Gasteiger partial charge on any atom is 0.147 e. The van der Waals surface area contributed by atoms with Crippen molar-refractivity contribution in [3.05, 3.63) is 65.2 Å². The van der Waals surface area contributed by atoms with E-state index < -0.39 is 10.8 Å². The lowest BCUT2D eigenvalue weighted by Gasteiger charge is -2.02. The summed E-state index contributed by atoms with van der Waals surface area (Å²) in [4.78, 5) is 0.793. The smallest absolute Gasteiger partial charge is 0.147 e. The fourth-order valence-corrected chi connectivity index (χ4v) is 4.19. The van der Waals surface area contributed by atoms with Crippen molar-refractivity contribution in [2.45, 2.75) is 17.3 Å². The molecule has 1 aromatic heterocycles. The van der Waals surface area contributed by atoms with E-state index in [-0.39, 0.29) is 0 Å². The summed E-state index contributed by atoms with van der Waals surface area (Å²) >= 11 is 1.48. The highest BCUT2D eigenvalue weighted by Gasteiger charge is 2.11. The Hall–Kier alpha value is -1.89. The van der Waals surface area contributed by atoms with Gasteiger partial charge in [0.2, 0.25) is 0 Å². The summed E-state index contributed by atoms with van der Waals surface area (Å²) in [5, 5.41) is 9.99. The molecule has 0 fully saturated rings. The van der Waals surface area contributed by atoms with Gasteiger partial charge in [0.15, 0.2) is 0 Å².